The zero-order valence-electron chi connectivity index (χ0n) is 41.0. The second kappa shape index (κ2) is 18.7. The normalized spacial score (nSPS) is 12.3. The third kappa shape index (κ3) is 7.64. The molecule has 1 aliphatic rings. The average Bonchev–Trinajstić information content (AvgIpc) is 4.26. The van der Waals surface area contributed by atoms with E-state index < -0.39 is 8.24 Å². The van der Waals surface area contributed by atoms with Crippen molar-refractivity contribution in [2.45, 2.75) is 0 Å². The quantitative estimate of drug-likeness (QED) is 0.126. The van der Waals surface area contributed by atoms with Gasteiger partial charge >= 0.3 is 0 Å². The summed E-state index contributed by atoms with van der Waals surface area (Å²) >= 11 is 0. The Morgan fingerprint density at radius 1 is 0.250 bits per heavy atom. The zero-order chi connectivity index (χ0) is 50.4. The zero-order valence-corrected chi connectivity index (χ0v) is 42.0. The van der Waals surface area contributed by atoms with Crippen LogP contribution in [0.3, 0.4) is 0 Å². The van der Waals surface area contributed by atoms with Crippen LogP contribution in [0.15, 0.2) is 267 Å². The highest BCUT2D eigenvalue weighted by molar-refractivity contribution is 7.12. The topological polar surface area (TPSA) is 95.2 Å². The molecule has 4 heterocycles. The number of nitrogens with zero attached hydrogens (tertiary/aromatic N) is 8. The first-order chi connectivity index (χ1) is 37.7. The lowest BCUT2D eigenvalue weighted by Gasteiger charge is -2.33. The molecule has 0 unspecified atom stereocenters. The van der Waals surface area contributed by atoms with Gasteiger partial charge in [0.2, 0.25) is 0 Å². The molecule has 3 aromatic heterocycles. The second-order valence-corrected chi connectivity index (χ2v) is 22.4. The van der Waals surface area contributed by atoms with Crippen LogP contribution in [-0.4, -0.2) is 47.4 Å². The van der Waals surface area contributed by atoms with Gasteiger partial charge in [-0.15, -0.1) is 0 Å². The molecule has 0 spiro atoms. The van der Waals surface area contributed by atoms with Crippen molar-refractivity contribution in [3.8, 4) is 102 Å². The Balaban J connectivity index is 1.10. The van der Waals surface area contributed by atoms with Gasteiger partial charge in [0.25, 0.3) is 8.24 Å². The lowest BCUT2D eigenvalue weighted by atomic mass is 9.99. The lowest BCUT2D eigenvalue weighted by molar-refractivity contribution is 1.07. The molecule has 0 saturated carbocycles. The Kier molecular flexibility index (Phi) is 11.0. The molecule has 8 nitrogen and oxygen atoms in total. The van der Waals surface area contributed by atoms with E-state index in [1.54, 1.807) is 0 Å². The van der Waals surface area contributed by atoms with Gasteiger partial charge in [-0.1, -0.05) is 243 Å². The third-order valence-corrected chi connectivity index (χ3v) is 19.0. The van der Waals surface area contributed by atoms with Crippen LogP contribution < -0.4 is 15.6 Å². The molecule has 9 heteroatoms. The van der Waals surface area contributed by atoms with E-state index in [4.69, 9.17) is 34.9 Å². The molecule has 76 heavy (non-hydrogen) atoms. The van der Waals surface area contributed by atoms with E-state index >= 15 is 0 Å². The van der Waals surface area contributed by atoms with Crippen molar-refractivity contribution < 1.29 is 0 Å². The SMILES string of the molecule is c1ccc(-c2nc(-c3ccccc3)nc(-c3cc([Si]4(c5ccc(-c6ccccc6)c(-c6nc(-c7ccccc7)nc(-c7ccccc7)n6)c5)c5ccccc5-c5nc6ccccc6n54)ccc3-c3ccccc3)n2)cc1. The summed E-state index contributed by atoms with van der Waals surface area (Å²) in [6.07, 6.45) is 0. The predicted molar refractivity (Wildman–Crippen MR) is 308 cm³/mol. The van der Waals surface area contributed by atoms with Crippen LogP contribution in [0, 0.1) is 0 Å². The van der Waals surface area contributed by atoms with Gasteiger partial charge in [-0.25, -0.2) is 34.9 Å². The molecule has 14 rings (SSSR count). The fourth-order valence-corrected chi connectivity index (χ4v) is 15.9. The number of imidazole rings is 1. The second-order valence-electron chi connectivity index (χ2n) is 18.8. The van der Waals surface area contributed by atoms with Crippen LogP contribution in [0.1, 0.15) is 0 Å². The third-order valence-electron chi connectivity index (χ3n) is 14.4. The number of para-hydroxylation sites is 2. The van der Waals surface area contributed by atoms with Gasteiger partial charge in [0, 0.05) is 38.9 Å². The largest absolute Gasteiger partial charge is 0.339 e. The van der Waals surface area contributed by atoms with Crippen LogP contribution in [0.4, 0.5) is 0 Å². The van der Waals surface area contributed by atoms with Crippen molar-refractivity contribution in [2.24, 2.45) is 0 Å². The summed E-state index contributed by atoms with van der Waals surface area (Å²) < 4.78 is 2.58. The van der Waals surface area contributed by atoms with Crippen LogP contribution in [0.5, 0.6) is 0 Å². The van der Waals surface area contributed by atoms with Gasteiger partial charge in [-0.3, -0.25) is 0 Å². The summed E-state index contributed by atoms with van der Waals surface area (Å²) in [6, 6.07) is 93.1. The van der Waals surface area contributed by atoms with Gasteiger partial charge in [-0.2, -0.15) is 0 Å². The van der Waals surface area contributed by atoms with E-state index in [9.17, 15) is 0 Å². The highest BCUT2D eigenvalue weighted by Crippen LogP contribution is 2.40. The number of hydrogen-bond acceptors (Lipinski definition) is 7. The van der Waals surface area contributed by atoms with Crippen LogP contribution >= 0.6 is 0 Å². The summed E-state index contributed by atoms with van der Waals surface area (Å²) in [5, 5.41) is 3.48. The molecule has 0 fully saturated rings. The Morgan fingerprint density at radius 3 is 1.01 bits per heavy atom. The molecule has 13 aromatic rings. The highest BCUT2D eigenvalue weighted by Gasteiger charge is 2.51. The summed E-state index contributed by atoms with van der Waals surface area (Å²) in [6.45, 7) is 0. The lowest BCUT2D eigenvalue weighted by Crippen LogP contribution is -2.70. The number of aromatic nitrogens is 8. The number of benzene rings is 10. The van der Waals surface area contributed by atoms with Crippen LogP contribution in [0.2, 0.25) is 0 Å². The fourth-order valence-electron chi connectivity index (χ4n) is 10.9. The molecule has 0 saturated heterocycles. The summed E-state index contributed by atoms with van der Waals surface area (Å²) in [5.74, 6) is 4.47. The van der Waals surface area contributed by atoms with E-state index in [1.165, 1.54) is 5.19 Å². The van der Waals surface area contributed by atoms with Crippen molar-refractivity contribution >= 4 is 34.8 Å². The highest BCUT2D eigenvalue weighted by atomic mass is 28.3. The molecule has 0 N–H and O–H groups in total. The smallest absolute Gasteiger partial charge is 0.259 e. The fraction of sp³-hybridized carbons (Fsp3) is 0. The van der Waals surface area contributed by atoms with Crippen molar-refractivity contribution in [3.63, 3.8) is 0 Å². The van der Waals surface area contributed by atoms with Crippen molar-refractivity contribution in [1.29, 1.82) is 0 Å². The van der Waals surface area contributed by atoms with E-state index in [-0.39, 0.29) is 0 Å². The minimum Gasteiger partial charge on any atom is -0.339 e. The molecule has 0 amide bonds. The van der Waals surface area contributed by atoms with Crippen LogP contribution in [-0.2, 0) is 0 Å². The first kappa shape index (κ1) is 44.6. The monoisotopic (exact) mass is 988 g/mol. The van der Waals surface area contributed by atoms with Crippen molar-refractivity contribution in [1.82, 2.24) is 39.1 Å². The first-order valence-electron chi connectivity index (χ1n) is 25.4. The molecule has 0 aliphatic carbocycles. The molecule has 10 aromatic carbocycles. The molecule has 0 atom stereocenters. The standard InChI is InChI=1S/C67H44N8Si/c1-7-23-45(24-8-1)53-41-39-51(43-56(53)65-71-61(47-27-11-3-12-28-47)69-62(72-65)48-29-13-4-14-30-48)76(60-38-22-19-35-55(60)67-68-58-36-20-21-37-59(58)75(67)76)52-40-42-54(46-25-9-2-10-26-46)57(44-52)66-73-63(49-31-15-5-16-32-49)70-64(74-66)50-33-17-6-18-34-50/h1-44H. The Labute approximate surface area is 440 Å². The van der Waals surface area contributed by atoms with Crippen molar-refractivity contribution in [2.75, 3.05) is 0 Å². The summed E-state index contributed by atoms with van der Waals surface area (Å²) in [5.41, 5.74) is 12.6. The molecule has 0 bridgehead atoms. The molecular formula is C67H44N8Si. The van der Waals surface area contributed by atoms with Gasteiger partial charge in [-0.05, 0) is 62.1 Å². The summed E-state index contributed by atoms with van der Waals surface area (Å²) in [4.78, 5) is 37.3. The molecule has 356 valence electrons. The van der Waals surface area contributed by atoms with Gasteiger partial charge in [0.05, 0.1) is 11.0 Å². The van der Waals surface area contributed by atoms with Gasteiger partial charge in [0.1, 0.15) is 5.82 Å². The Hall–Kier alpha value is -10.1. The maximum atomic E-state index is 5.48. The number of hydrogen-bond donors (Lipinski definition) is 0. The van der Waals surface area contributed by atoms with E-state index in [2.05, 4.69) is 198 Å². The minimum absolute atomic E-state index is 0.576. The Bertz CT molecular complexity index is 3940. The van der Waals surface area contributed by atoms with Gasteiger partial charge in [0.15, 0.2) is 34.9 Å². The first-order valence-corrected chi connectivity index (χ1v) is 27.3. The molecular weight excluding hydrogens is 945 g/mol. The van der Waals surface area contributed by atoms with E-state index in [0.717, 1.165) is 88.4 Å². The predicted octanol–water partition coefficient (Wildman–Crippen LogP) is 13.2. The number of rotatable bonds is 10. The molecule has 0 radical (unpaired) electrons. The average molecular weight is 989 g/mol. The Morgan fingerprint density at radius 2 is 0.592 bits per heavy atom. The maximum absolute atomic E-state index is 5.48. The summed E-state index contributed by atoms with van der Waals surface area (Å²) in [7, 11) is -3.51. The maximum Gasteiger partial charge on any atom is 0.259 e. The van der Waals surface area contributed by atoms with E-state index in [0.29, 0.717) is 34.9 Å². The molecule has 1 aliphatic heterocycles. The van der Waals surface area contributed by atoms with Crippen LogP contribution in [0.25, 0.3) is 113 Å². The van der Waals surface area contributed by atoms with Gasteiger partial charge < -0.3 is 4.23 Å². The van der Waals surface area contributed by atoms with E-state index in [1.807, 2.05) is 72.8 Å². The minimum atomic E-state index is -3.51. The number of fused-ring (bicyclic) bond motifs is 5. The van der Waals surface area contributed by atoms with Crippen molar-refractivity contribution in [3.05, 3.63) is 267 Å².